The second kappa shape index (κ2) is 6.19. The van der Waals surface area contributed by atoms with E-state index >= 15 is 0 Å². The topological polar surface area (TPSA) is 32.3 Å². The van der Waals surface area contributed by atoms with Crippen LogP contribution in [0.3, 0.4) is 0 Å². The maximum atomic E-state index is 9.72. The van der Waals surface area contributed by atoms with Gasteiger partial charge in [-0.25, -0.2) is 0 Å². The van der Waals surface area contributed by atoms with E-state index < -0.39 is 0 Å². The second-order valence-corrected chi connectivity index (χ2v) is 6.86. The quantitative estimate of drug-likeness (QED) is 0.740. The van der Waals surface area contributed by atoms with Crippen molar-refractivity contribution in [1.82, 2.24) is 5.32 Å². The van der Waals surface area contributed by atoms with E-state index in [0.717, 1.165) is 31.7 Å². The standard InChI is InChI=1S/C15H31NO/c1-5-11-16-15(12-17)9-6-7-13(8-10-15)14(2,3)4/h13,16-17H,5-12H2,1-4H3. The molecule has 2 heteroatoms. The average molecular weight is 241 g/mol. The van der Waals surface area contributed by atoms with E-state index in [1.54, 1.807) is 0 Å². The molecule has 2 nitrogen and oxygen atoms in total. The Balaban J connectivity index is 2.60. The summed E-state index contributed by atoms with van der Waals surface area (Å²) in [6, 6.07) is 0. The summed E-state index contributed by atoms with van der Waals surface area (Å²) in [5.74, 6) is 0.805. The van der Waals surface area contributed by atoms with Gasteiger partial charge in [0.2, 0.25) is 0 Å². The number of nitrogens with one attached hydrogen (secondary N) is 1. The number of aliphatic hydroxyl groups is 1. The lowest BCUT2D eigenvalue weighted by Crippen LogP contribution is -2.48. The van der Waals surface area contributed by atoms with Crippen molar-refractivity contribution in [2.45, 2.75) is 71.8 Å². The van der Waals surface area contributed by atoms with Gasteiger partial charge in [0.1, 0.15) is 0 Å². The Morgan fingerprint density at radius 1 is 1.24 bits per heavy atom. The molecular formula is C15H31NO. The predicted molar refractivity (Wildman–Crippen MR) is 74.1 cm³/mol. The second-order valence-electron chi connectivity index (χ2n) is 6.86. The van der Waals surface area contributed by atoms with Crippen LogP contribution >= 0.6 is 0 Å². The zero-order valence-corrected chi connectivity index (χ0v) is 12.2. The molecule has 1 aliphatic carbocycles. The van der Waals surface area contributed by atoms with E-state index in [-0.39, 0.29) is 5.54 Å². The molecule has 0 saturated heterocycles. The lowest BCUT2D eigenvalue weighted by atomic mass is 9.76. The van der Waals surface area contributed by atoms with Crippen LogP contribution in [0.5, 0.6) is 0 Å². The van der Waals surface area contributed by atoms with Gasteiger partial charge in [-0.05, 0) is 50.0 Å². The highest BCUT2D eigenvalue weighted by molar-refractivity contribution is 4.92. The molecule has 2 atom stereocenters. The van der Waals surface area contributed by atoms with E-state index in [1.165, 1.54) is 19.3 Å². The van der Waals surface area contributed by atoms with Crippen LogP contribution in [0, 0.1) is 11.3 Å². The molecule has 1 rings (SSSR count). The fourth-order valence-electron chi connectivity index (χ4n) is 3.05. The molecular weight excluding hydrogens is 210 g/mol. The summed E-state index contributed by atoms with van der Waals surface area (Å²) in [5.41, 5.74) is 0.423. The smallest absolute Gasteiger partial charge is 0.0613 e. The zero-order chi connectivity index (χ0) is 12.9. The Labute approximate surface area is 107 Å². The number of hydrogen-bond acceptors (Lipinski definition) is 2. The molecule has 0 aromatic heterocycles. The maximum absolute atomic E-state index is 9.72. The van der Waals surface area contributed by atoms with Gasteiger partial charge in [-0.1, -0.05) is 34.1 Å². The van der Waals surface area contributed by atoms with E-state index in [9.17, 15) is 5.11 Å². The van der Waals surface area contributed by atoms with Crippen molar-refractivity contribution in [3.63, 3.8) is 0 Å². The minimum absolute atomic E-state index is 0.00993. The van der Waals surface area contributed by atoms with Crippen LogP contribution in [0.25, 0.3) is 0 Å². The zero-order valence-electron chi connectivity index (χ0n) is 12.2. The van der Waals surface area contributed by atoms with E-state index in [1.807, 2.05) is 0 Å². The molecule has 0 aromatic carbocycles. The fraction of sp³-hybridized carbons (Fsp3) is 1.00. The molecule has 17 heavy (non-hydrogen) atoms. The number of rotatable bonds is 4. The van der Waals surface area contributed by atoms with Crippen molar-refractivity contribution in [2.24, 2.45) is 11.3 Å². The molecule has 0 radical (unpaired) electrons. The molecule has 0 amide bonds. The van der Waals surface area contributed by atoms with Crippen LogP contribution in [0.2, 0.25) is 0 Å². The van der Waals surface area contributed by atoms with Crippen molar-refractivity contribution in [1.29, 1.82) is 0 Å². The van der Waals surface area contributed by atoms with Gasteiger partial charge in [-0.3, -0.25) is 0 Å². The summed E-state index contributed by atoms with van der Waals surface area (Å²) < 4.78 is 0. The number of hydrogen-bond donors (Lipinski definition) is 2. The molecule has 2 N–H and O–H groups in total. The lowest BCUT2D eigenvalue weighted by Gasteiger charge is -2.33. The van der Waals surface area contributed by atoms with Crippen molar-refractivity contribution < 1.29 is 5.11 Å². The normalized spacial score (nSPS) is 31.2. The van der Waals surface area contributed by atoms with Crippen molar-refractivity contribution in [2.75, 3.05) is 13.2 Å². The van der Waals surface area contributed by atoms with E-state index in [2.05, 4.69) is 33.0 Å². The minimum atomic E-state index is 0.00993. The summed E-state index contributed by atoms with van der Waals surface area (Å²) in [7, 11) is 0. The summed E-state index contributed by atoms with van der Waals surface area (Å²) >= 11 is 0. The SMILES string of the molecule is CCCNC1(CO)CCCC(C(C)(C)C)CC1. The largest absolute Gasteiger partial charge is 0.394 e. The van der Waals surface area contributed by atoms with Crippen molar-refractivity contribution in [3.05, 3.63) is 0 Å². The molecule has 0 aromatic rings. The van der Waals surface area contributed by atoms with Crippen LogP contribution in [-0.4, -0.2) is 23.8 Å². The molecule has 0 heterocycles. The highest BCUT2D eigenvalue weighted by Crippen LogP contribution is 2.39. The Hall–Kier alpha value is -0.0800. The third-order valence-corrected chi connectivity index (χ3v) is 4.46. The molecule has 1 fully saturated rings. The van der Waals surface area contributed by atoms with Crippen molar-refractivity contribution in [3.8, 4) is 0 Å². The molecule has 102 valence electrons. The first-order valence-electron chi connectivity index (χ1n) is 7.29. The van der Waals surface area contributed by atoms with Gasteiger partial charge >= 0.3 is 0 Å². The van der Waals surface area contributed by atoms with Gasteiger partial charge in [0, 0.05) is 5.54 Å². The Kier molecular flexibility index (Phi) is 5.46. The van der Waals surface area contributed by atoms with Gasteiger partial charge in [0.05, 0.1) is 6.61 Å². The molecule has 0 bridgehead atoms. The van der Waals surface area contributed by atoms with E-state index in [4.69, 9.17) is 0 Å². The van der Waals surface area contributed by atoms with Crippen molar-refractivity contribution >= 4 is 0 Å². The van der Waals surface area contributed by atoms with Gasteiger partial charge in [0.15, 0.2) is 0 Å². The Morgan fingerprint density at radius 2 is 1.94 bits per heavy atom. The van der Waals surface area contributed by atoms with E-state index in [0.29, 0.717) is 12.0 Å². The van der Waals surface area contributed by atoms with Crippen LogP contribution < -0.4 is 5.32 Å². The monoisotopic (exact) mass is 241 g/mol. The van der Waals surface area contributed by atoms with Gasteiger partial charge in [0.25, 0.3) is 0 Å². The molecule has 2 unspecified atom stereocenters. The summed E-state index contributed by atoms with van der Waals surface area (Å²) in [6.07, 6.45) is 7.23. The Bertz CT molecular complexity index is 221. The van der Waals surface area contributed by atoms with Gasteiger partial charge in [-0.2, -0.15) is 0 Å². The van der Waals surface area contributed by atoms with Crippen LogP contribution in [0.15, 0.2) is 0 Å². The minimum Gasteiger partial charge on any atom is -0.394 e. The first-order chi connectivity index (χ1) is 7.93. The highest BCUT2D eigenvalue weighted by atomic mass is 16.3. The Morgan fingerprint density at radius 3 is 2.47 bits per heavy atom. The fourth-order valence-corrected chi connectivity index (χ4v) is 3.05. The maximum Gasteiger partial charge on any atom is 0.0613 e. The molecule has 0 aliphatic heterocycles. The third kappa shape index (κ3) is 4.26. The van der Waals surface area contributed by atoms with Gasteiger partial charge in [-0.15, -0.1) is 0 Å². The van der Waals surface area contributed by atoms with Gasteiger partial charge < -0.3 is 10.4 Å². The first-order valence-corrected chi connectivity index (χ1v) is 7.29. The molecule has 1 saturated carbocycles. The van der Waals surface area contributed by atoms with Crippen LogP contribution in [-0.2, 0) is 0 Å². The highest BCUT2D eigenvalue weighted by Gasteiger charge is 2.35. The molecule has 0 spiro atoms. The average Bonchev–Trinajstić information content (AvgIpc) is 2.49. The first kappa shape index (κ1) is 15.0. The summed E-state index contributed by atoms with van der Waals surface area (Å²) in [5, 5.41) is 13.3. The third-order valence-electron chi connectivity index (χ3n) is 4.46. The number of aliphatic hydroxyl groups excluding tert-OH is 1. The summed E-state index contributed by atoms with van der Waals surface area (Å²) in [4.78, 5) is 0. The summed E-state index contributed by atoms with van der Waals surface area (Å²) in [6.45, 7) is 10.6. The predicted octanol–water partition coefficient (Wildman–Crippen LogP) is 3.34. The molecule has 1 aliphatic rings. The van der Waals surface area contributed by atoms with Crippen LogP contribution in [0.1, 0.15) is 66.2 Å². The van der Waals surface area contributed by atoms with Crippen LogP contribution in [0.4, 0.5) is 0 Å². The lowest BCUT2D eigenvalue weighted by molar-refractivity contribution is 0.138.